The monoisotopic (exact) mass is 181 g/mol. The van der Waals surface area contributed by atoms with Crippen LogP contribution in [0.2, 0.25) is 0 Å². The molecular weight excluding hydrogens is 170 g/mol. The summed E-state index contributed by atoms with van der Waals surface area (Å²) in [6, 6.07) is 0.226. The number of hydrogen-bond donors (Lipinski definition) is 1. The lowest BCUT2D eigenvalue weighted by Gasteiger charge is -2.07. The number of hydrogen-bond acceptors (Lipinski definition) is 3. The summed E-state index contributed by atoms with van der Waals surface area (Å²) in [6.07, 6.45) is 5.72. The molecule has 0 aliphatic heterocycles. The average molecular weight is 181 g/mol. The molecule has 1 aliphatic rings. The van der Waals surface area contributed by atoms with E-state index in [1.54, 1.807) is 17.1 Å². The van der Waals surface area contributed by atoms with Gasteiger partial charge in [-0.3, -0.25) is 4.79 Å². The van der Waals surface area contributed by atoms with E-state index >= 15 is 0 Å². The van der Waals surface area contributed by atoms with Gasteiger partial charge in [0.05, 0.1) is 18.2 Å². The lowest BCUT2D eigenvalue weighted by atomic mass is 10.1. The van der Waals surface area contributed by atoms with E-state index in [0.717, 1.165) is 12.8 Å². The van der Waals surface area contributed by atoms with Crippen molar-refractivity contribution in [2.75, 3.05) is 0 Å². The molecular formula is C8H11N3O2. The number of carboxylic acid groups (broad SMARTS) is 1. The van der Waals surface area contributed by atoms with Gasteiger partial charge in [0.15, 0.2) is 0 Å². The third kappa shape index (κ3) is 1.54. The van der Waals surface area contributed by atoms with Gasteiger partial charge in [-0.05, 0) is 19.3 Å². The summed E-state index contributed by atoms with van der Waals surface area (Å²) < 4.78 is 1.75. The van der Waals surface area contributed by atoms with Crippen LogP contribution in [0.4, 0.5) is 0 Å². The van der Waals surface area contributed by atoms with Crippen molar-refractivity contribution >= 4 is 5.97 Å². The van der Waals surface area contributed by atoms with Gasteiger partial charge in [0.1, 0.15) is 0 Å². The molecule has 2 atom stereocenters. The summed E-state index contributed by atoms with van der Waals surface area (Å²) in [5.41, 5.74) is 0. The maximum absolute atomic E-state index is 10.7. The molecule has 1 aromatic rings. The van der Waals surface area contributed by atoms with Crippen molar-refractivity contribution in [3.8, 4) is 0 Å². The number of carbonyl (C=O) groups is 1. The quantitative estimate of drug-likeness (QED) is 0.729. The van der Waals surface area contributed by atoms with E-state index in [1.165, 1.54) is 0 Å². The van der Waals surface area contributed by atoms with Crippen molar-refractivity contribution in [3.05, 3.63) is 12.4 Å². The lowest BCUT2D eigenvalue weighted by molar-refractivity contribution is -0.141. The van der Waals surface area contributed by atoms with E-state index < -0.39 is 5.97 Å². The Labute approximate surface area is 75.4 Å². The molecule has 0 amide bonds. The molecule has 0 bridgehead atoms. The minimum absolute atomic E-state index is 0.200. The highest BCUT2D eigenvalue weighted by Gasteiger charge is 2.30. The lowest BCUT2D eigenvalue weighted by Crippen LogP contribution is -2.11. The summed E-state index contributed by atoms with van der Waals surface area (Å²) in [5, 5.41) is 16.4. The number of carboxylic acids is 1. The van der Waals surface area contributed by atoms with E-state index in [4.69, 9.17) is 5.11 Å². The second-order valence-corrected chi connectivity index (χ2v) is 3.39. The molecule has 1 aromatic heterocycles. The molecule has 0 aromatic carbocycles. The van der Waals surface area contributed by atoms with Crippen molar-refractivity contribution in [1.29, 1.82) is 0 Å². The Morgan fingerprint density at radius 3 is 2.92 bits per heavy atom. The van der Waals surface area contributed by atoms with Crippen LogP contribution in [0.15, 0.2) is 12.4 Å². The summed E-state index contributed by atoms with van der Waals surface area (Å²) in [4.78, 5) is 10.7. The number of aliphatic carboxylic acids is 1. The van der Waals surface area contributed by atoms with Gasteiger partial charge >= 0.3 is 5.97 Å². The van der Waals surface area contributed by atoms with Crippen LogP contribution >= 0.6 is 0 Å². The highest BCUT2D eigenvalue weighted by atomic mass is 16.4. The molecule has 70 valence electrons. The van der Waals surface area contributed by atoms with Crippen LogP contribution in [0.5, 0.6) is 0 Å². The molecule has 1 aliphatic carbocycles. The molecule has 13 heavy (non-hydrogen) atoms. The van der Waals surface area contributed by atoms with Gasteiger partial charge < -0.3 is 5.11 Å². The smallest absolute Gasteiger partial charge is 0.306 e. The summed E-state index contributed by atoms with van der Waals surface area (Å²) in [6.45, 7) is 0. The minimum Gasteiger partial charge on any atom is -0.481 e. The van der Waals surface area contributed by atoms with Crippen LogP contribution in [-0.2, 0) is 4.79 Å². The fraction of sp³-hybridized carbons (Fsp3) is 0.625. The normalized spacial score (nSPS) is 27.7. The van der Waals surface area contributed by atoms with E-state index in [9.17, 15) is 4.79 Å². The molecule has 0 spiro atoms. The predicted octanol–water partition coefficient (Wildman–Crippen LogP) is 0.704. The third-order valence-electron chi connectivity index (χ3n) is 2.57. The first-order chi connectivity index (χ1) is 6.27. The Morgan fingerprint density at radius 1 is 1.54 bits per heavy atom. The maximum atomic E-state index is 10.7. The highest BCUT2D eigenvalue weighted by Crippen LogP contribution is 2.33. The number of nitrogens with zero attached hydrogens (tertiary/aromatic N) is 3. The first-order valence-electron chi connectivity index (χ1n) is 4.36. The number of aromatic nitrogens is 3. The zero-order valence-corrected chi connectivity index (χ0v) is 7.13. The van der Waals surface area contributed by atoms with Gasteiger partial charge in [-0.1, -0.05) is 5.21 Å². The number of rotatable bonds is 2. The second-order valence-electron chi connectivity index (χ2n) is 3.39. The molecule has 5 heteroatoms. The van der Waals surface area contributed by atoms with Crippen LogP contribution in [0.3, 0.4) is 0 Å². The Balaban J connectivity index is 2.03. The zero-order valence-electron chi connectivity index (χ0n) is 7.13. The molecule has 1 fully saturated rings. The van der Waals surface area contributed by atoms with Crippen molar-refractivity contribution in [3.63, 3.8) is 0 Å². The Morgan fingerprint density at radius 2 is 2.38 bits per heavy atom. The zero-order chi connectivity index (χ0) is 9.26. The Hall–Kier alpha value is -1.39. The van der Waals surface area contributed by atoms with Gasteiger partial charge in [0.25, 0.3) is 0 Å². The summed E-state index contributed by atoms with van der Waals surface area (Å²) >= 11 is 0. The van der Waals surface area contributed by atoms with Crippen molar-refractivity contribution < 1.29 is 9.90 Å². The van der Waals surface area contributed by atoms with Crippen LogP contribution in [0.25, 0.3) is 0 Å². The van der Waals surface area contributed by atoms with Crippen LogP contribution in [0.1, 0.15) is 25.3 Å². The maximum Gasteiger partial charge on any atom is 0.306 e. The van der Waals surface area contributed by atoms with Gasteiger partial charge in [-0.15, -0.1) is 5.10 Å². The third-order valence-corrected chi connectivity index (χ3v) is 2.57. The van der Waals surface area contributed by atoms with E-state index in [0.29, 0.717) is 6.42 Å². The predicted molar refractivity (Wildman–Crippen MR) is 44.0 cm³/mol. The van der Waals surface area contributed by atoms with Crippen LogP contribution in [0, 0.1) is 5.92 Å². The van der Waals surface area contributed by atoms with Crippen molar-refractivity contribution in [1.82, 2.24) is 15.0 Å². The van der Waals surface area contributed by atoms with Crippen molar-refractivity contribution in [2.24, 2.45) is 5.92 Å². The van der Waals surface area contributed by atoms with Crippen LogP contribution < -0.4 is 0 Å². The highest BCUT2D eigenvalue weighted by molar-refractivity contribution is 5.70. The van der Waals surface area contributed by atoms with Crippen molar-refractivity contribution in [2.45, 2.75) is 25.3 Å². The minimum atomic E-state index is -0.692. The standard InChI is InChI=1S/C8H11N3O2/c12-8(13)6-1-2-7(5-6)11-4-3-9-10-11/h3-4,6-7H,1-2,5H2,(H,12,13). The molecule has 5 nitrogen and oxygen atoms in total. The molecule has 2 unspecified atom stereocenters. The fourth-order valence-electron chi connectivity index (χ4n) is 1.83. The SMILES string of the molecule is O=C(O)C1CCC(n2ccnn2)C1. The first-order valence-corrected chi connectivity index (χ1v) is 4.36. The largest absolute Gasteiger partial charge is 0.481 e. The summed E-state index contributed by atoms with van der Waals surface area (Å²) in [7, 11) is 0. The molecule has 1 N–H and O–H groups in total. The van der Waals surface area contributed by atoms with Gasteiger partial charge in [0, 0.05) is 6.20 Å². The van der Waals surface area contributed by atoms with Gasteiger partial charge in [0.2, 0.25) is 0 Å². The molecule has 0 radical (unpaired) electrons. The molecule has 2 rings (SSSR count). The molecule has 0 saturated heterocycles. The Kier molecular flexibility index (Phi) is 2.00. The van der Waals surface area contributed by atoms with E-state index in [1.807, 2.05) is 0 Å². The molecule has 1 saturated carbocycles. The second kappa shape index (κ2) is 3.16. The van der Waals surface area contributed by atoms with Crippen LogP contribution in [-0.4, -0.2) is 26.1 Å². The average Bonchev–Trinajstić information content (AvgIpc) is 2.75. The first kappa shape index (κ1) is 8.22. The van der Waals surface area contributed by atoms with Gasteiger partial charge in [-0.2, -0.15) is 0 Å². The Bertz CT molecular complexity index is 296. The van der Waals surface area contributed by atoms with E-state index in [2.05, 4.69) is 10.3 Å². The van der Waals surface area contributed by atoms with E-state index in [-0.39, 0.29) is 12.0 Å². The fourth-order valence-corrected chi connectivity index (χ4v) is 1.83. The summed E-state index contributed by atoms with van der Waals surface area (Å²) in [5.74, 6) is -0.892. The van der Waals surface area contributed by atoms with Gasteiger partial charge in [-0.25, -0.2) is 4.68 Å². The molecule has 1 heterocycles. The topological polar surface area (TPSA) is 68.0 Å².